The van der Waals surface area contributed by atoms with Crippen molar-refractivity contribution in [2.24, 2.45) is 0 Å². The van der Waals surface area contributed by atoms with Crippen LogP contribution in [0, 0.1) is 0 Å². The normalized spacial score (nSPS) is 10.1. The molecule has 2 aromatic rings. The predicted octanol–water partition coefficient (Wildman–Crippen LogP) is 2.58. The van der Waals surface area contributed by atoms with E-state index in [9.17, 15) is 4.79 Å². The Kier molecular flexibility index (Phi) is 6.51. The third kappa shape index (κ3) is 4.35. The Balaban J connectivity index is 2.10. The Labute approximate surface area is 147 Å². The second-order valence-electron chi connectivity index (χ2n) is 5.26. The Bertz CT molecular complexity index is 730. The van der Waals surface area contributed by atoms with E-state index in [4.69, 9.17) is 18.9 Å². The molecule has 1 amide bonds. The quantitative estimate of drug-likeness (QED) is 0.797. The number of carbonyl (C=O) groups excluding carboxylic acids is 1. The minimum atomic E-state index is -0.128. The predicted molar refractivity (Wildman–Crippen MR) is 94.6 cm³/mol. The van der Waals surface area contributed by atoms with Crippen molar-refractivity contribution < 1.29 is 23.7 Å². The summed E-state index contributed by atoms with van der Waals surface area (Å²) in [4.78, 5) is 12.3. The highest BCUT2D eigenvalue weighted by Crippen LogP contribution is 2.39. The van der Waals surface area contributed by atoms with Crippen LogP contribution in [0.25, 0.3) is 0 Å². The van der Waals surface area contributed by atoms with Crippen molar-refractivity contribution in [3.05, 3.63) is 47.5 Å². The van der Waals surface area contributed by atoms with E-state index in [1.165, 1.54) is 14.2 Å². The number of ether oxygens (including phenoxy) is 4. The molecule has 0 saturated carbocycles. The topological polar surface area (TPSA) is 66.0 Å². The highest BCUT2D eigenvalue weighted by atomic mass is 16.5. The molecule has 0 saturated heterocycles. The average Bonchev–Trinajstić information content (AvgIpc) is 2.65. The second-order valence-corrected chi connectivity index (χ2v) is 5.26. The molecule has 2 aromatic carbocycles. The van der Waals surface area contributed by atoms with Crippen LogP contribution in [0.3, 0.4) is 0 Å². The van der Waals surface area contributed by atoms with Gasteiger partial charge in [-0.25, -0.2) is 0 Å². The standard InChI is InChI=1S/C19H23NO5/c1-22-15-8-6-5-7-14(15)12-20-17(21)11-13-9-10-16(23-2)19(25-4)18(13)24-3/h5-10H,11-12H2,1-4H3,(H,20,21). The van der Waals surface area contributed by atoms with Gasteiger partial charge in [-0.1, -0.05) is 24.3 Å². The Morgan fingerprint density at radius 3 is 2.12 bits per heavy atom. The van der Waals surface area contributed by atoms with Crippen LogP contribution >= 0.6 is 0 Å². The van der Waals surface area contributed by atoms with Gasteiger partial charge in [-0.2, -0.15) is 0 Å². The van der Waals surface area contributed by atoms with Crippen molar-refractivity contribution in [3.63, 3.8) is 0 Å². The van der Waals surface area contributed by atoms with Crippen LogP contribution in [0.4, 0.5) is 0 Å². The maximum absolute atomic E-state index is 12.3. The summed E-state index contributed by atoms with van der Waals surface area (Å²) in [6, 6.07) is 11.1. The van der Waals surface area contributed by atoms with Gasteiger partial charge in [-0.3, -0.25) is 4.79 Å². The van der Waals surface area contributed by atoms with Crippen LogP contribution in [0.5, 0.6) is 23.0 Å². The fraction of sp³-hybridized carbons (Fsp3) is 0.316. The molecule has 0 atom stereocenters. The lowest BCUT2D eigenvalue weighted by Gasteiger charge is -2.16. The fourth-order valence-electron chi connectivity index (χ4n) is 2.58. The third-order valence-corrected chi connectivity index (χ3v) is 3.81. The van der Waals surface area contributed by atoms with Crippen molar-refractivity contribution in [2.75, 3.05) is 28.4 Å². The van der Waals surface area contributed by atoms with Gasteiger partial charge in [0.1, 0.15) is 5.75 Å². The molecule has 0 aliphatic rings. The SMILES string of the molecule is COc1ccccc1CNC(=O)Cc1ccc(OC)c(OC)c1OC. The first-order chi connectivity index (χ1) is 12.1. The number of carbonyl (C=O) groups is 1. The largest absolute Gasteiger partial charge is 0.496 e. The van der Waals surface area contributed by atoms with Gasteiger partial charge < -0.3 is 24.3 Å². The van der Waals surface area contributed by atoms with Gasteiger partial charge in [0.15, 0.2) is 11.5 Å². The smallest absolute Gasteiger partial charge is 0.224 e. The van der Waals surface area contributed by atoms with Gasteiger partial charge in [0, 0.05) is 17.7 Å². The lowest BCUT2D eigenvalue weighted by molar-refractivity contribution is -0.120. The monoisotopic (exact) mass is 345 g/mol. The molecule has 0 fully saturated rings. The molecule has 0 aliphatic carbocycles. The van der Waals surface area contributed by atoms with E-state index < -0.39 is 0 Å². The lowest BCUT2D eigenvalue weighted by Crippen LogP contribution is -2.25. The lowest BCUT2D eigenvalue weighted by atomic mass is 10.1. The van der Waals surface area contributed by atoms with Gasteiger partial charge in [0.2, 0.25) is 11.7 Å². The molecule has 134 valence electrons. The van der Waals surface area contributed by atoms with E-state index in [1.54, 1.807) is 26.4 Å². The van der Waals surface area contributed by atoms with Crippen LogP contribution in [-0.2, 0) is 17.8 Å². The van der Waals surface area contributed by atoms with E-state index in [0.29, 0.717) is 23.8 Å². The summed E-state index contributed by atoms with van der Waals surface area (Å²) in [5.74, 6) is 2.13. The summed E-state index contributed by atoms with van der Waals surface area (Å²) in [6.07, 6.45) is 0.165. The number of nitrogens with one attached hydrogen (secondary N) is 1. The van der Waals surface area contributed by atoms with Crippen molar-refractivity contribution in [3.8, 4) is 23.0 Å². The molecule has 0 bridgehead atoms. The van der Waals surface area contributed by atoms with Gasteiger partial charge >= 0.3 is 0 Å². The molecule has 0 aliphatic heterocycles. The number of para-hydroxylation sites is 1. The van der Waals surface area contributed by atoms with Crippen LogP contribution < -0.4 is 24.3 Å². The summed E-state index contributed by atoms with van der Waals surface area (Å²) in [5, 5.41) is 2.89. The molecular formula is C19H23NO5. The van der Waals surface area contributed by atoms with Crippen LogP contribution in [0.1, 0.15) is 11.1 Å². The highest BCUT2D eigenvalue weighted by molar-refractivity contribution is 5.80. The molecule has 6 heteroatoms. The molecule has 0 aromatic heterocycles. The van der Waals surface area contributed by atoms with Crippen molar-refractivity contribution in [1.82, 2.24) is 5.32 Å². The molecule has 1 N–H and O–H groups in total. The molecule has 25 heavy (non-hydrogen) atoms. The van der Waals surface area contributed by atoms with Crippen molar-refractivity contribution >= 4 is 5.91 Å². The minimum absolute atomic E-state index is 0.128. The van der Waals surface area contributed by atoms with E-state index in [-0.39, 0.29) is 12.3 Å². The summed E-state index contributed by atoms with van der Waals surface area (Å²) in [6.45, 7) is 0.387. The van der Waals surface area contributed by atoms with Gasteiger partial charge in [0.25, 0.3) is 0 Å². The number of amides is 1. The minimum Gasteiger partial charge on any atom is -0.496 e. The zero-order valence-electron chi connectivity index (χ0n) is 14.9. The van der Waals surface area contributed by atoms with E-state index in [0.717, 1.165) is 16.9 Å². The zero-order valence-corrected chi connectivity index (χ0v) is 14.9. The zero-order chi connectivity index (χ0) is 18.2. The molecule has 0 unspecified atom stereocenters. The van der Waals surface area contributed by atoms with E-state index in [1.807, 2.05) is 24.3 Å². The van der Waals surface area contributed by atoms with Crippen LogP contribution in [0.2, 0.25) is 0 Å². The number of hydrogen-bond acceptors (Lipinski definition) is 5. The Morgan fingerprint density at radius 2 is 1.48 bits per heavy atom. The molecule has 0 radical (unpaired) electrons. The second kappa shape index (κ2) is 8.82. The molecular weight excluding hydrogens is 322 g/mol. The average molecular weight is 345 g/mol. The summed E-state index contributed by atoms with van der Waals surface area (Å²) in [5.41, 5.74) is 1.63. The first-order valence-corrected chi connectivity index (χ1v) is 7.81. The third-order valence-electron chi connectivity index (χ3n) is 3.81. The maximum atomic E-state index is 12.3. The Hall–Kier alpha value is -2.89. The summed E-state index contributed by atoms with van der Waals surface area (Å²) >= 11 is 0. The molecule has 0 heterocycles. The van der Waals surface area contributed by atoms with Crippen molar-refractivity contribution in [2.45, 2.75) is 13.0 Å². The molecule has 6 nitrogen and oxygen atoms in total. The number of rotatable bonds is 8. The molecule has 0 spiro atoms. The van der Waals surface area contributed by atoms with Gasteiger partial charge in [-0.05, 0) is 12.1 Å². The number of benzene rings is 2. The van der Waals surface area contributed by atoms with E-state index >= 15 is 0 Å². The first kappa shape index (κ1) is 18.4. The van der Waals surface area contributed by atoms with Crippen LogP contribution in [0.15, 0.2) is 36.4 Å². The fourth-order valence-corrected chi connectivity index (χ4v) is 2.58. The number of hydrogen-bond donors (Lipinski definition) is 1. The Morgan fingerprint density at radius 1 is 0.800 bits per heavy atom. The van der Waals surface area contributed by atoms with Crippen LogP contribution in [-0.4, -0.2) is 34.3 Å². The van der Waals surface area contributed by atoms with Crippen molar-refractivity contribution in [1.29, 1.82) is 0 Å². The van der Waals surface area contributed by atoms with Gasteiger partial charge in [-0.15, -0.1) is 0 Å². The van der Waals surface area contributed by atoms with E-state index in [2.05, 4.69) is 5.32 Å². The highest BCUT2D eigenvalue weighted by Gasteiger charge is 2.17. The maximum Gasteiger partial charge on any atom is 0.224 e. The summed E-state index contributed by atoms with van der Waals surface area (Å²) in [7, 11) is 6.23. The van der Waals surface area contributed by atoms with Gasteiger partial charge in [0.05, 0.1) is 34.9 Å². The number of methoxy groups -OCH3 is 4. The molecule has 2 rings (SSSR count). The summed E-state index contributed by atoms with van der Waals surface area (Å²) < 4.78 is 21.3. The first-order valence-electron chi connectivity index (χ1n) is 7.81.